The number of phenolic OH excluding ortho intramolecular Hbond substituents is 1. The molecule has 0 radical (unpaired) electrons. The Balaban J connectivity index is 1.22. The van der Waals surface area contributed by atoms with Gasteiger partial charge in [-0.3, -0.25) is 4.90 Å². The average molecular weight is 630 g/mol. The van der Waals surface area contributed by atoms with E-state index in [-0.39, 0.29) is 71.0 Å². The summed E-state index contributed by atoms with van der Waals surface area (Å²) in [6, 6.07) is 9.70. The fourth-order valence-electron chi connectivity index (χ4n) is 7.58. The first-order chi connectivity index (χ1) is 22.2. The summed E-state index contributed by atoms with van der Waals surface area (Å²) in [5, 5.41) is 25.2. The average Bonchev–Trinajstić information content (AvgIpc) is 3.61. The molecule has 3 N–H and O–H groups in total. The molecule has 11 heteroatoms. The Morgan fingerprint density at radius 3 is 2.54 bits per heavy atom. The smallest absolute Gasteiger partial charge is 0.319 e. The first-order valence-corrected chi connectivity index (χ1v) is 15.8. The fraction of sp³-hybridized carbons (Fsp3) is 0.429. The minimum Gasteiger partial charge on any atom is -0.508 e. The number of fused-ring (bicyclic) bond motifs is 4. The van der Waals surface area contributed by atoms with E-state index in [1.54, 1.807) is 18.2 Å². The second-order valence-electron chi connectivity index (χ2n) is 13.4. The number of rotatable bonds is 7. The Bertz CT molecular complexity index is 1890. The van der Waals surface area contributed by atoms with Crippen molar-refractivity contribution in [1.29, 1.82) is 0 Å². The van der Waals surface area contributed by atoms with Crippen LogP contribution < -0.4 is 15.0 Å². The summed E-state index contributed by atoms with van der Waals surface area (Å²) in [6.07, 6.45) is 7.27. The summed E-state index contributed by atoms with van der Waals surface area (Å²) >= 11 is 0. The van der Waals surface area contributed by atoms with Crippen molar-refractivity contribution in [2.24, 2.45) is 5.41 Å². The van der Waals surface area contributed by atoms with Gasteiger partial charge in [-0.05, 0) is 55.3 Å². The van der Waals surface area contributed by atoms with Gasteiger partial charge in [0.1, 0.15) is 29.1 Å². The molecule has 1 saturated carbocycles. The van der Waals surface area contributed by atoms with Crippen molar-refractivity contribution in [3.05, 3.63) is 53.6 Å². The number of aromatic nitrogens is 2. The van der Waals surface area contributed by atoms with Gasteiger partial charge in [0.25, 0.3) is 0 Å². The number of aliphatic hydroxyl groups excluding tert-OH is 1. The molecule has 1 aliphatic carbocycles. The van der Waals surface area contributed by atoms with E-state index in [0.717, 1.165) is 25.7 Å². The van der Waals surface area contributed by atoms with Crippen molar-refractivity contribution in [2.45, 2.75) is 50.0 Å². The minimum atomic E-state index is -1.27. The standard InChI is InChI=1S/C35H34F3N5O3/c1-2-19-4-3-5-20-10-23(44)11-24(29(19)20)30-26(36)12-25-32(31(30)38)40-34(41-33(25)43-13-21-6-7-22(14-43)39-21)46-18-35(8-9-35)17-42-15-27(37)28(45)16-42/h1,3-5,10-12,21-22,27-28,39,44-45H,6-9,13-18H2/t21?,22?,27-,28+/m1/s1. The van der Waals surface area contributed by atoms with Crippen LogP contribution in [0.1, 0.15) is 31.2 Å². The Morgan fingerprint density at radius 2 is 1.85 bits per heavy atom. The Hall–Kier alpha value is -4.11. The quantitative estimate of drug-likeness (QED) is 0.257. The number of hydrogen-bond donors (Lipinski definition) is 3. The summed E-state index contributed by atoms with van der Waals surface area (Å²) in [4.78, 5) is 13.2. The van der Waals surface area contributed by atoms with Crippen molar-refractivity contribution in [2.75, 3.05) is 44.2 Å². The molecule has 4 heterocycles. The number of nitrogens with zero attached hydrogens (tertiary/aromatic N) is 4. The van der Waals surface area contributed by atoms with E-state index >= 15 is 8.78 Å². The second-order valence-corrected chi connectivity index (χ2v) is 13.4. The zero-order valence-electron chi connectivity index (χ0n) is 25.1. The molecule has 8 nitrogen and oxygen atoms in total. The van der Waals surface area contributed by atoms with Crippen LogP contribution in [0.4, 0.5) is 19.0 Å². The molecule has 8 rings (SSSR count). The number of β-amino-alcohol motifs (C(OH)–C–C–N with tert-alkyl or cyclic N) is 1. The molecule has 4 aliphatic rings. The zero-order chi connectivity index (χ0) is 31.7. The number of aliphatic hydroxyl groups is 1. The third kappa shape index (κ3) is 5.09. The second kappa shape index (κ2) is 11.0. The molecule has 0 spiro atoms. The Labute approximate surface area is 264 Å². The molecule has 238 valence electrons. The lowest BCUT2D eigenvalue weighted by Crippen LogP contribution is -2.51. The minimum absolute atomic E-state index is 0.0222. The van der Waals surface area contributed by atoms with Gasteiger partial charge >= 0.3 is 6.01 Å². The third-order valence-electron chi connectivity index (χ3n) is 10.1. The maximum absolute atomic E-state index is 16.8. The lowest BCUT2D eigenvalue weighted by atomic mass is 9.93. The van der Waals surface area contributed by atoms with Crippen LogP contribution in [0.3, 0.4) is 0 Å². The first-order valence-electron chi connectivity index (χ1n) is 15.8. The number of piperazine rings is 1. The topological polar surface area (TPSA) is 94.0 Å². The molecular weight excluding hydrogens is 595 g/mol. The van der Waals surface area contributed by atoms with Crippen LogP contribution in [0, 0.1) is 29.4 Å². The van der Waals surface area contributed by atoms with Crippen LogP contribution in [0.5, 0.6) is 11.8 Å². The van der Waals surface area contributed by atoms with Crippen molar-refractivity contribution >= 4 is 27.5 Å². The number of ether oxygens (including phenoxy) is 1. The molecule has 0 amide bonds. The van der Waals surface area contributed by atoms with E-state index in [1.807, 2.05) is 9.80 Å². The number of halogens is 3. The number of terminal acetylenes is 1. The van der Waals surface area contributed by atoms with Gasteiger partial charge in [-0.2, -0.15) is 9.97 Å². The Morgan fingerprint density at radius 1 is 1.07 bits per heavy atom. The molecule has 2 unspecified atom stereocenters. The largest absolute Gasteiger partial charge is 0.508 e. The predicted molar refractivity (Wildman–Crippen MR) is 169 cm³/mol. The summed E-state index contributed by atoms with van der Waals surface area (Å²) in [6.45, 7) is 2.51. The maximum Gasteiger partial charge on any atom is 0.319 e. The van der Waals surface area contributed by atoms with Gasteiger partial charge in [0, 0.05) is 72.1 Å². The molecule has 4 fully saturated rings. The van der Waals surface area contributed by atoms with Crippen molar-refractivity contribution in [1.82, 2.24) is 20.2 Å². The number of phenols is 1. The number of aromatic hydroxyl groups is 1. The van der Waals surface area contributed by atoms with Crippen LogP contribution in [-0.4, -0.2) is 88.8 Å². The van der Waals surface area contributed by atoms with Gasteiger partial charge in [0.15, 0.2) is 5.82 Å². The molecule has 2 bridgehead atoms. The zero-order valence-corrected chi connectivity index (χ0v) is 25.1. The molecule has 4 atom stereocenters. The highest BCUT2D eigenvalue weighted by Crippen LogP contribution is 2.47. The number of alkyl halides is 1. The fourth-order valence-corrected chi connectivity index (χ4v) is 7.58. The van der Waals surface area contributed by atoms with Gasteiger partial charge in [-0.15, -0.1) is 6.42 Å². The highest BCUT2D eigenvalue weighted by molar-refractivity contribution is 6.04. The molecule has 46 heavy (non-hydrogen) atoms. The summed E-state index contributed by atoms with van der Waals surface area (Å²) in [7, 11) is 0. The molecule has 3 aromatic carbocycles. The van der Waals surface area contributed by atoms with Crippen molar-refractivity contribution in [3.8, 4) is 35.2 Å². The van der Waals surface area contributed by atoms with E-state index in [9.17, 15) is 14.6 Å². The van der Waals surface area contributed by atoms with Gasteiger partial charge in [0.05, 0.1) is 18.3 Å². The van der Waals surface area contributed by atoms with Crippen LogP contribution in [0.2, 0.25) is 0 Å². The van der Waals surface area contributed by atoms with Crippen LogP contribution >= 0.6 is 0 Å². The number of anilines is 1. The number of hydrogen-bond acceptors (Lipinski definition) is 8. The number of nitrogens with one attached hydrogen (secondary N) is 1. The van der Waals surface area contributed by atoms with Crippen LogP contribution in [-0.2, 0) is 0 Å². The maximum atomic E-state index is 16.8. The van der Waals surface area contributed by atoms with E-state index in [4.69, 9.17) is 16.1 Å². The Kier molecular flexibility index (Phi) is 7.01. The monoisotopic (exact) mass is 629 g/mol. The first kappa shape index (κ1) is 29.3. The van der Waals surface area contributed by atoms with Crippen LogP contribution in [0.15, 0.2) is 36.4 Å². The van der Waals surface area contributed by atoms with Gasteiger partial charge < -0.3 is 25.2 Å². The highest BCUT2D eigenvalue weighted by atomic mass is 19.1. The molecule has 4 aromatic rings. The number of benzene rings is 3. The van der Waals surface area contributed by atoms with Gasteiger partial charge in [0.2, 0.25) is 0 Å². The normalized spacial score (nSPS) is 25.3. The van der Waals surface area contributed by atoms with Gasteiger partial charge in [-0.1, -0.05) is 18.1 Å². The van der Waals surface area contributed by atoms with E-state index in [0.29, 0.717) is 41.8 Å². The summed E-state index contributed by atoms with van der Waals surface area (Å²) in [5.41, 5.74) is -0.118. The highest BCUT2D eigenvalue weighted by Gasteiger charge is 2.47. The van der Waals surface area contributed by atoms with Crippen LogP contribution in [0.25, 0.3) is 32.8 Å². The van der Waals surface area contributed by atoms with Crippen molar-refractivity contribution in [3.63, 3.8) is 0 Å². The van der Waals surface area contributed by atoms with E-state index < -0.39 is 23.9 Å². The lowest BCUT2D eigenvalue weighted by molar-refractivity contribution is 0.113. The SMILES string of the molecule is C#Cc1cccc2cc(O)cc(-c3c(F)cc4c(N5CC6CCC(C5)N6)nc(OCC5(CN6C[C@@H](F)[C@@H](O)C6)CC5)nc4c3F)c12. The molecule has 3 aliphatic heterocycles. The van der Waals surface area contributed by atoms with E-state index in [1.165, 1.54) is 18.2 Å². The summed E-state index contributed by atoms with van der Waals surface area (Å²) < 4.78 is 53.2. The number of likely N-dealkylation sites (tertiary alicyclic amines) is 1. The summed E-state index contributed by atoms with van der Waals surface area (Å²) in [5.74, 6) is 1.12. The predicted octanol–water partition coefficient (Wildman–Crippen LogP) is 4.53. The van der Waals surface area contributed by atoms with Gasteiger partial charge in [-0.25, -0.2) is 13.2 Å². The van der Waals surface area contributed by atoms with Crippen molar-refractivity contribution < 1.29 is 28.1 Å². The molecule has 1 aromatic heterocycles. The lowest BCUT2D eigenvalue weighted by Gasteiger charge is -2.34. The third-order valence-corrected chi connectivity index (χ3v) is 10.1. The van der Waals surface area contributed by atoms with E-state index in [2.05, 4.69) is 16.2 Å². The molecule has 3 saturated heterocycles. The molecular formula is C35H34F3N5O3.